The van der Waals surface area contributed by atoms with Crippen LogP contribution in [0.3, 0.4) is 0 Å². The molecule has 2 nitrogen and oxygen atoms in total. The minimum atomic E-state index is -4.33. The molecule has 1 heterocycles. The third kappa shape index (κ3) is 2.97. The number of alkyl halides is 3. The fraction of sp³-hybridized carbons (Fsp3) is 0.357. The molecule has 0 atom stereocenters. The lowest BCUT2D eigenvalue weighted by Gasteiger charge is -2.13. The first kappa shape index (κ1) is 13.6. The number of hydrogen-bond acceptors (Lipinski definition) is 1. The van der Waals surface area contributed by atoms with Crippen LogP contribution in [-0.2, 0) is 13.2 Å². The number of nitrogens with zero attached hydrogens (tertiary/aromatic N) is 2. The van der Waals surface area contributed by atoms with Crippen LogP contribution in [0, 0.1) is 0 Å². The van der Waals surface area contributed by atoms with Crippen LogP contribution in [0.1, 0.15) is 30.9 Å². The summed E-state index contributed by atoms with van der Waals surface area (Å²) in [5.74, 6) is 0.0396. The van der Waals surface area contributed by atoms with Gasteiger partial charge in [-0.05, 0) is 29.2 Å². The zero-order chi connectivity index (χ0) is 14.2. The van der Waals surface area contributed by atoms with Crippen molar-refractivity contribution >= 4 is 0 Å². The van der Waals surface area contributed by atoms with Crippen molar-refractivity contribution in [3.63, 3.8) is 0 Å². The van der Waals surface area contributed by atoms with Crippen molar-refractivity contribution in [3.05, 3.63) is 41.7 Å². The predicted octanol–water partition coefficient (Wildman–Crippen LogP) is 4.23. The van der Waals surface area contributed by atoms with E-state index in [1.54, 1.807) is 30.2 Å². The Kier molecular flexibility index (Phi) is 3.39. The molecule has 0 aliphatic carbocycles. The first-order valence-corrected chi connectivity index (χ1v) is 5.98. The second-order valence-corrected chi connectivity index (χ2v) is 4.90. The SMILES string of the molecule is CC(C)c1cc(-c2cnn(C)c2)cc(C(F)(F)F)c1. The highest BCUT2D eigenvalue weighted by Gasteiger charge is 2.31. The Bertz CT molecular complexity index is 583. The van der Waals surface area contributed by atoms with Crippen LogP contribution < -0.4 is 0 Å². The third-order valence-electron chi connectivity index (χ3n) is 2.99. The van der Waals surface area contributed by atoms with Gasteiger partial charge in [-0.15, -0.1) is 0 Å². The van der Waals surface area contributed by atoms with Crippen molar-refractivity contribution in [1.82, 2.24) is 9.78 Å². The molecule has 102 valence electrons. The summed E-state index contributed by atoms with van der Waals surface area (Å²) in [4.78, 5) is 0. The van der Waals surface area contributed by atoms with Gasteiger partial charge in [0.2, 0.25) is 0 Å². The monoisotopic (exact) mass is 268 g/mol. The Morgan fingerprint density at radius 2 is 1.79 bits per heavy atom. The molecule has 0 unspecified atom stereocenters. The maximum atomic E-state index is 12.9. The molecule has 2 rings (SSSR count). The average Bonchev–Trinajstić information content (AvgIpc) is 2.74. The molecule has 0 saturated carbocycles. The lowest BCUT2D eigenvalue weighted by Crippen LogP contribution is -2.06. The normalized spacial score (nSPS) is 12.2. The highest BCUT2D eigenvalue weighted by Crippen LogP contribution is 2.34. The first-order valence-electron chi connectivity index (χ1n) is 5.98. The summed E-state index contributed by atoms with van der Waals surface area (Å²) in [7, 11) is 1.74. The molecule has 0 spiro atoms. The van der Waals surface area contributed by atoms with Crippen LogP contribution in [0.2, 0.25) is 0 Å². The van der Waals surface area contributed by atoms with E-state index in [1.807, 2.05) is 13.8 Å². The molecule has 0 amide bonds. The van der Waals surface area contributed by atoms with Crippen molar-refractivity contribution in [2.75, 3.05) is 0 Å². The molecule has 0 aliphatic rings. The van der Waals surface area contributed by atoms with E-state index in [1.165, 1.54) is 12.1 Å². The Labute approximate surface area is 109 Å². The number of aryl methyl sites for hydroxylation is 1. The summed E-state index contributed by atoms with van der Waals surface area (Å²) in [6.45, 7) is 3.75. The summed E-state index contributed by atoms with van der Waals surface area (Å²) < 4.78 is 40.3. The Morgan fingerprint density at radius 1 is 1.11 bits per heavy atom. The van der Waals surface area contributed by atoms with E-state index in [2.05, 4.69) is 5.10 Å². The quantitative estimate of drug-likeness (QED) is 0.797. The third-order valence-corrected chi connectivity index (χ3v) is 2.99. The van der Waals surface area contributed by atoms with E-state index in [0.29, 0.717) is 16.7 Å². The topological polar surface area (TPSA) is 17.8 Å². The zero-order valence-electron chi connectivity index (χ0n) is 11.0. The molecule has 5 heteroatoms. The number of aromatic nitrogens is 2. The minimum Gasteiger partial charge on any atom is -0.275 e. The number of rotatable bonds is 2. The van der Waals surface area contributed by atoms with Crippen molar-refractivity contribution < 1.29 is 13.2 Å². The van der Waals surface area contributed by atoms with E-state index in [9.17, 15) is 13.2 Å². The van der Waals surface area contributed by atoms with Crippen LogP contribution in [0.15, 0.2) is 30.6 Å². The molecular formula is C14H15F3N2. The maximum absolute atomic E-state index is 12.9. The van der Waals surface area contributed by atoms with Crippen molar-refractivity contribution in [3.8, 4) is 11.1 Å². The molecule has 19 heavy (non-hydrogen) atoms. The fourth-order valence-corrected chi connectivity index (χ4v) is 1.89. The predicted molar refractivity (Wildman–Crippen MR) is 67.7 cm³/mol. The van der Waals surface area contributed by atoms with Gasteiger partial charge in [-0.3, -0.25) is 4.68 Å². The maximum Gasteiger partial charge on any atom is 0.416 e. The summed E-state index contributed by atoms with van der Waals surface area (Å²) in [5, 5.41) is 3.99. The van der Waals surface area contributed by atoms with Crippen molar-refractivity contribution in [1.29, 1.82) is 0 Å². The summed E-state index contributed by atoms with van der Waals surface area (Å²) in [5.41, 5.74) is 1.30. The van der Waals surface area contributed by atoms with Crippen LogP contribution in [0.4, 0.5) is 13.2 Å². The molecule has 0 radical (unpaired) electrons. The summed E-state index contributed by atoms with van der Waals surface area (Å²) in [6.07, 6.45) is -1.05. The molecule has 1 aromatic carbocycles. The van der Waals surface area contributed by atoms with Gasteiger partial charge in [0.1, 0.15) is 0 Å². The van der Waals surface area contributed by atoms with Crippen molar-refractivity contribution in [2.45, 2.75) is 25.9 Å². The molecule has 0 fully saturated rings. The van der Waals surface area contributed by atoms with Crippen LogP contribution in [0.5, 0.6) is 0 Å². The van der Waals surface area contributed by atoms with Crippen LogP contribution in [0.25, 0.3) is 11.1 Å². The van der Waals surface area contributed by atoms with Gasteiger partial charge < -0.3 is 0 Å². The Hall–Kier alpha value is -1.78. The minimum absolute atomic E-state index is 0.0396. The van der Waals surface area contributed by atoms with E-state index >= 15 is 0 Å². The Morgan fingerprint density at radius 3 is 2.26 bits per heavy atom. The highest BCUT2D eigenvalue weighted by atomic mass is 19.4. The number of halogens is 3. The summed E-state index contributed by atoms with van der Waals surface area (Å²) in [6, 6.07) is 4.17. The molecule has 1 aromatic heterocycles. The van der Waals surface area contributed by atoms with Gasteiger partial charge in [0.25, 0.3) is 0 Å². The van der Waals surface area contributed by atoms with Gasteiger partial charge in [0.05, 0.1) is 11.8 Å². The van der Waals surface area contributed by atoms with E-state index in [4.69, 9.17) is 0 Å². The highest BCUT2D eigenvalue weighted by molar-refractivity contribution is 5.64. The van der Waals surface area contributed by atoms with Gasteiger partial charge in [-0.1, -0.05) is 19.9 Å². The zero-order valence-corrected chi connectivity index (χ0v) is 11.0. The molecular weight excluding hydrogens is 253 g/mol. The van der Waals surface area contributed by atoms with E-state index in [0.717, 1.165) is 0 Å². The number of hydrogen-bond donors (Lipinski definition) is 0. The van der Waals surface area contributed by atoms with Crippen LogP contribution in [-0.4, -0.2) is 9.78 Å². The molecule has 0 N–H and O–H groups in total. The fourth-order valence-electron chi connectivity index (χ4n) is 1.89. The van der Waals surface area contributed by atoms with Gasteiger partial charge in [-0.25, -0.2) is 0 Å². The second-order valence-electron chi connectivity index (χ2n) is 4.90. The van der Waals surface area contributed by atoms with Gasteiger partial charge >= 0.3 is 6.18 Å². The largest absolute Gasteiger partial charge is 0.416 e. The lowest BCUT2D eigenvalue weighted by atomic mass is 9.95. The smallest absolute Gasteiger partial charge is 0.275 e. The first-order chi connectivity index (χ1) is 8.77. The van der Waals surface area contributed by atoms with Crippen LogP contribution >= 0.6 is 0 Å². The molecule has 0 aliphatic heterocycles. The van der Waals surface area contributed by atoms with Gasteiger partial charge in [-0.2, -0.15) is 18.3 Å². The van der Waals surface area contributed by atoms with Gasteiger partial charge in [0.15, 0.2) is 0 Å². The molecule has 0 bridgehead atoms. The second kappa shape index (κ2) is 4.72. The summed E-state index contributed by atoms with van der Waals surface area (Å²) >= 11 is 0. The lowest BCUT2D eigenvalue weighted by molar-refractivity contribution is -0.137. The standard InChI is InChI=1S/C14H15F3N2/c1-9(2)10-4-11(12-7-18-19(3)8-12)6-13(5-10)14(15,16)17/h4-9H,1-3H3. The molecule has 0 saturated heterocycles. The Balaban J connectivity index is 2.58. The average molecular weight is 268 g/mol. The van der Waals surface area contributed by atoms with Crippen molar-refractivity contribution in [2.24, 2.45) is 7.05 Å². The van der Waals surface area contributed by atoms with E-state index in [-0.39, 0.29) is 5.92 Å². The number of benzene rings is 1. The van der Waals surface area contributed by atoms with E-state index < -0.39 is 11.7 Å². The van der Waals surface area contributed by atoms with Gasteiger partial charge in [0, 0.05) is 18.8 Å². The molecule has 2 aromatic rings.